The summed E-state index contributed by atoms with van der Waals surface area (Å²) in [4.78, 5) is 0. The lowest BCUT2D eigenvalue weighted by atomic mass is 10.1. The van der Waals surface area contributed by atoms with Gasteiger partial charge in [-0.25, -0.2) is 4.39 Å². The Bertz CT molecular complexity index is 354. The Morgan fingerprint density at radius 1 is 1.29 bits per heavy atom. The van der Waals surface area contributed by atoms with Crippen LogP contribution in [-0.4, -0.2) is 5.11 Å². The van der Waals surface area contributed by atoms with Crippen molar-refractivity contribution in [2.75, 3.05) is 0 Å². The van der Waals surface area contributed by atoms with Gasteiger partial charge in [0, 0.05) is 0 Å². The molecule has 1 aromatic rings. The molecule has 4 heteroatoms. The molecule has 0 aliphatic carbocycles. The first-order chi connectivity index (χ1) is 6.81. The summed E-state index contributed by atoms with van der Waals surface area (Å²) in [6.07, 6.45) is 2.02. The van der Waals surface area contributed by atoms with Gasteiger partial charge in [0.1, 0.15) is 18.3 Å². The lowest BCUT2D eigenvalue weighted by Crippen LogP contribution is -2.02. The van der Waals surface area contributed by atoms with Crippen LogP contribution in [0.3, 0.4) is 0 Å². The zero-order chi connectivity index (χ0) is 9.97. The highest BCUT2D eigenvalue weighted by Gasteiger charge is 2.19. The van der Waals surface area contributed by atoms with E-state index in [4.69, 9.17) is 14.6 Å². The number of hydrogen-bond acceptors (Lipinski definition) is 3. The number of ether oxygens (including phenoxy) is 2. The molecule has 74 valence electrons. The lowest BCUT2D eigenvalue weighted by molar-refractivity contribution is -0.0271. The second-order valence-corrected chi connectivity index (χ2v) is 2.89. The second-order valence-electron chi connectivity index (χ2n) is 2.89. The molecule has 0 atom stereocenters. The van der Waals surface area contributed by atoms with E-state index in [2.05, 4.69) is 0 Å². The summed E-state index contributed by atoms with van der Waals surface area (Å²) in [5, 5.41) is 8.78. The van der Waals surface area contributed by atoms with Crippen LogP contribution in [0.4, 0.5) is 4.39 Å². The van der Waals surface area contributed by atoms with Gasteiger partial charge in [0.2, 0.25) is 0 Å². The number of rotatable bonds is 2. The summed E-state index contributed by atoms with van der Waals surface area (Å²) >= 11 is 0. The molecule has 0 unspecified atom stereocenters. The van der Waals surface area contributed by atoms with Gasteiger partial charge in [-0.1, -0.05) is 6.07 Å². The Labute approximate surface area is 80.4 Å². The van der Waals surface area contributed by atoms with E-state index in [1.165, 1.54) is 18.6 Å². The van der Waals surface area contributed by atoms with Crippen molar-refractivity contribution in [3.05, 3.63) is 47.7 Å². The Balaban J connectivity index is 2.26. The summed E-state index contributed by atoms with van der Waals surface area (Å²) in [6.45, 7) is -0.179. The zero-order valence-electron chi connectivity index (χ0n) is 7.31. The maximum atomic E-state index is 13.4. The van der Waals surface area contributed by atoms with E-state index in [1.54, 1.807) is 12.1 Å². The monoisotopic (exact) mass is 196 g/mol. The molecule has 0 aromatic heterocycles. The van der Waals surface area contributed by atoms with Crippen molar-refractivity contribution in [3.8, 4) is 0 Å². The fourth-order valence-corrected chi connectivity index (χ4v) is 1.25. The minimum atomic E-state index is -0.706. The molecular formula is C10H9FO3. The molecule has 14 heavy (non-hydrogen) atoms. The molecule has 0 spiro atoms. The maximum Gasteiger partial charge on any atom is 0.269 e. The summed E-state index contributed by atoms with van der Waals surface area (Å²) in [5.41, 5.74) is 0.851. The average Bonchev–Trinajstić information content (AvgIpc) is 2.70. The fourth-order valence-electron chi connectivity index (χ4n) is 1.25. The topological polar surface area (TPSA) is 38.7 Å². The van der Waals surface area contributed by atoms with Gasteiger partial charge in [-0.15, -0.1) is 0 Å². The fraction of sp³-hybridized carbons (Fsp3) is 0.200. The Hall–Kier alpha value is -1.55. The molecular weight excluding hydrogens is 187 g/mol. The molecule has 0 amide bonds. The van der Waals surface area contributed by atoms with E-state index >= 15 is 0 Å². The lowest BCUT2D eigenvalue weighted by Gasteiger charge is -2.11. The van der Waals surface area contributed by atoms with Gasteiger partial charge in [0.05, 0.1) is 12.2 Å². The summed E-state index contributed by atoms with van der Waals surface area (Å²) < 4.78 is 23.4. The number of benzene rings is 1. The molecule has 1 aliphatic rings. The Kier molecular flexibility index (Phi) is 2.37. The van der Waals surface area contributed by atoms with Crippen LogP contribution >= 0.6 is 0 Å². The quantitative estimate of drug-likeness (QED) is 0.784. The zero-order valence-corrected chi connectivity index (χ0v) is 7.31. The van der Waals surface area contributed by atoms with Crippen molar-refractivity contribution in [1.29, 1.82) is 0 Å². The van der Waals surface area contributed by atoms with Crippen LogP contribution in [0, 0.1) is 5.82 Å². The molecule has 0 saturated carbocycles. The molecule has 1 heterocycles. The first-order valence-electron chi connectivity index (χ1n) is 4.16. The van der Waals surface area contributed by atoms with Gasteiger partial charge in [-0.3, -0.25) is 0 Å². The van der Waals surface area contributed by atoms with Gasteiger partial charge < -0.3 is 14.6 Å². The minimum Gasteiger partial charge on any atom is -0.455 e. The van der Waals surface area contributed by atoms with E-state index in [0.717, 1.165) is 0 Å². The SMILES string of the molecule is OCc1ccc(C2OC=CO2)c(F)c1. The van der Waals surface area contributed by atoms with Crippen molar-refractivity contribution in [2.45, 2.75) is 12.9 Å². The maximum absolute atomic E-state index is 13.4. The van der Waals surface area contributed by atoms with Crippen molar-refractivity contribution >= 4 is 0 Å². The summed E-state index contributed by atoms with van der Waals surface area (Å²) in [5.74, 6) is -0.440. The number of hydrogen-bond donors (Lipinski definition) is 1. The highest BCUT2D eigenvalue weighted by molar-refractivity contribution is 5.25. The second kappa shape index (κ2) is 3.67. The molecule has 2 rings (SSSR count). The first kappa shape index (κ1) is 9.02. The van der Waals surface area contributed by atoms with Crippen LogP contribution in [0.15, 0.2) is 30.7 Å². The van der Waals surface area contributed by atoms with E-state index in [1.807, 2.05) is 0 Å². The van der Waals surface area contributed by atoms with E-state index < -0.39 is 12.1 Å². The van der Waals surface area contributed by atoms with Crippen LogP contribution < -0.4 is 0 Å². The minimum absolute atomic E-state index is 0.179. The van der Waals surface area contributed by atoms with Crippen molar-refractivity contribution < 1.29 is 19.0 Å². The third-order valence-electron chi connectivity index (χ3n) is 1.96. The summed E-state index contributed by atoms with van der Waals surface area (Å²) in [7, 11) is 0. The smallest absolute Gasteiger partial charge is 0.269 e. The van der Waals surface area contributed by atoms with Crippen molar-refractivity contribution in [3.63, 3.8) is 0 Å². The number of halogens is 1. The van der Waals surface area contributed by atoms with Crippen LogP contribution in [0.25, 0.3) is 0 Å². The predicted molar refractivity (Wildman–Crippen MR) is 46.4 cm³/mol. The largest absolute Gasteiger partial charge is 0.455 e. The van der Waals surface area contributed by atoms with Crippen LogP contribution in [0.5, 0.6) is 0 Å². The first-order valence-corrected chi connectivity index (χ1v) is 4.16. The van der Waals surface area contributed by atoms with E-state index in [-0.39, 0.29) is 6.61 Å². The molecule has 1 N–H and O–H groups in total. The van der Waals surface area contributed by atoms with Gasteiger partial charge in [-0.05, 0) is 17.7 Å². The molecule has 1 aromatic carbocycles. The normalized spacial score (nSPS) is 15.3. The van der Waals surface area contributed by atoms with Gasteiger partial charge in [0.25, 0.3) is 6.29 Å². The van der Waals surface area contributed by atoms with Crippen molar-refractivity contribution in [2.24, 2.45) is 0 Å². The van der Waals surface area contributed by atoms with Gasteiger partial charge in [0.15, 0.2) is 0 Å². The molecule has 0 bridgehead atoms. The molecule has 0 fully saturated rings. The molecule has 0 saturated heterocycles. The van der Waals surface area contributed by atoms with E-state index in [0.29, 0.717) is 11.1 Å². The Morgan fingerprint density at radius 3 is 2.57 bits per heavy atom. The summed E-state index contributed by atoms with van der Waals surface area (Å²) in [6, 6.07) is 4.43. The third kappa shape index (κ3) is 1.56. The van der Waals surface area contributed by atoms with Gasteiger partial charge in [-0.2, -0.15) is 0 Å². The average molecular weight is 196 g/mol. The standard InChI is InChI=1S/C10H9FO3/c11-9-5-7(6-12)1-2-8(9)10-13-3-4-14-10/h1-5,10,12H,6H2. The Morgan fingerprint density at radius 2 is 2.00 bits per heavy atom. The number of aliphatic hydroxyl groups is 1. The predicted octanol–water partition coefficient (Wildman–Crippen LogP) is 1.83. The van der Waals surface area contributed by atoms with Crippen molar-refractivity contribution in [1.82, 2.24) is 0 Å². The third-order valence-corrected chi connectivity index (χ3v) is 1.96. The highest BCUT2D eigenvalue weighted by Crippen LogP contribution is 2.26. The van der Waals surface area contributed by atoms with E-state index in [9.17, 15) is 4.39 Å². The van der Waals surface area contributed by atoms with Gasteiger partial charge >= 0.3 is 0 Å². The number of aliphatic hydroxyl groups excluding tert-OH is 1. The van der Waals surface area contributed by atoms with Crippen LogP contribution in [0.2, 0.25) is 0 Å². The highest BCUT2D eigenvalue weighted by atomic mass is 19.1. The van der Waals surface area contributed by atoms with Crippen LogP contribution in [-0.2, 0) is 16.1 Å². The van der Waals surface area contributed by atoms with Crippen LogP contribution in [0.1, 0.15) is 17.4 Å². The molecule has 3 nitrogen and oxygen atoms in total. The molecule has 0 radical (unpaired) electrons. The molecule has 1 aliphatic heterocycles.